The van der Waals surface area contributed by atoms with Crippen molar-refractivity contribution >= 4 is 23.4 Å². The summed E-state index contributed by atoms with van der Waals surface area (Å²) in [6, 6.07) is 11.3. The Morgan fingerprint density at radius 3 is 2.89 bits per heavy atom. The first-order valence-electron chi connectivity index (χ1n) is 8.96. The second kappa shape index (κ2) is 6.08. The molecule has 3 aromatic rings. The topological polar surface area (TPSA) is 79.2 Å². The number of fused-ring (bicyclic) bond motifs is 4. The van der Waals surface area contributed by atoms with E-state index in [0.717, 1.165) is 36.6 Å². The molecule has 1 fully saturated rings. The van der Waals surface area contributed by atoms with Gasteiger partial charge in [0.1, 0.15) is 11.5 Å². The Morgan fingerprint density at radius 2 is 2.11 bits per heavy atom. The Bertz CT molecular complexity index is 1000. The van der Waals surface area contributed by atoms with E-state index in [0.29, 0.717) is 11.6 Å². The highest BCUT2D eigenvalue weighted by atomic mass is 16.2. The van der Waals surface area contributed by atoms with E-state index >= 15 is 0 Å². The van der Waals surface area contributed by atoms with Crippen molar-refractivity contribution in [3.63, 3.8) is 0 Å². The molecule has 136 valence electrons. The van der Waals surface area contributed by atoms with E-state index in [1.54, 1.807) is 21.8 Å². The van der Waals surface area contributed by atoms with Crippen LogP contribution in [0.5, 0.6) is 0 Å². The Hall–Kier alpha value is -3.42. The standard InChI is InChI=1S/C19H19N7O/c1-24-10-8-15(23-24)14-5-6-16-18(21-14)26(13-7-11-25(16)12-13)19(27)22-17-4-2-3-9-20-17/h2-6,8-10,13H,7,11-12H2,1H3,(H,20,22,27)/t13-/m0/s1. The fourth-order valence-corrected chi connectivity index (χ4v) is 3.77. The van der Waals surface area contributed by atoms with E-state index in [2.05, 4.69) is 20.3 Å². The maximum atomic E-state index is 13.1. The van der Waals surface area contributed by atoms with Gasteiger partial charge in [-0.2, -0.15) is 5.10 Å². The summed E-state index contributed by atoms with van der Waals surface area (Å²) in [4.78, 5) is 26.1. The maximum Gasteiger partial charge on any atom is 0.329 e. The van der Waals surface area contributed by atoms with Gasteiger partial charge in [0.25, 0.3) is 0 Å². The van der Waals surface area contributed by atoms with Gasteiger partial charge in [0.05, 0.1) is 17.4 Å². The Kier molecular flexibility index (Phi) is 3.56. The van der Waals surface area contributed by atoms with Gasteiger partial charge >= 0.3 is 6.03 Å². The van der Waals surface area contributed by atoms with Crippen molar-refractivity contribution in [2.24, 2.45) is 7.05 Å². The molecule has 0 unspecified atom stereocenters. The summed E-state index contributed by atoms with van der Waals surface area (Å²) in [6.45, 7) is 1.75. The molecule has 2 aliphatic heterocycles. The fraction of sp³-hybridized carbons (Fsp3) is 0.263. The fourth-order valence-electron chi connectivity index (χ4n) is 3.77. The summed E-state index contributed by atoms with van der Waals surface area (Å²) in [5, 5.41) is 7.33. The van der Waals surface area contributed by atoms with Crippen LogP contribution < -0.4 is 15.1 Å². The molecule has 5 rings (SSSR count). The number of hydrogen-bond donors (Lipinski definition) is 1. The molecule has 0 aromatic carbocycles. The van der Waals surface area contributed by atoms with Crippen LogP contribution in [0.25, 0.3) is 11.4 Å². The Balaban J connectivity index is 1.54. The number of carbonyl (C=O) groups is 1. The zero-order valence-electron chi connectivity index (χ0n) is 14.9. The number of nitrogens with zero attached hydrogens (tertiary/aromatic N) is 6. The van der Waals surface area contributed by atoms with E-state index in [9.17, 15) is 4.79 Å². The zero-order chi connectivity index (χ0) is 18.4. The molecule has 1 saturated heterocycles. The van der Waals surface area contributed by atoms with Crippen LogP contribution in [0.15, 0.2) is 48.8 Å². The van der Waals surface area contributed by atoms with Crippen LogP contribution in [0.1, 0.15) is 6.42 Å². The molecule has 0 spiro atoms. The van der Waals surface area contributed by atoms with E-state index < -0.39 is 0 Å². The zero-order valence-corrected chi connectivity index (χ0v) is 14.9. The summed E-state index contributed by atoms with van der Waals surface area (Å²) in [5.41, 5.74) is 2.53. The third-order valence-corrected chi connectivity index (χ3v) is 5.05. The average molecular weight is 361 g/mol. The van der Waals surface area contributed by atoms with Gasteiger partial charge in [-0.3, -0.25) is 14.9 Å². The molecule has 3 aromatic heterocycles. The molecule has 0 aliphatic carbocycles. The predicted octanol–water partition coefficient (Wildman–Crippen LogP) is 2.51. The number of hydrogen-bond acceptors (Lipinski definition) is 5. The van der Waals surface area contributed by atoms with Gasteiger partial charge in [-0.15, -0.1) is 0 Å². The van der Waals surface area contributed by atoms with Crippen molar-refractivity contribution in [3.05, 3.63) is 48.8 Å². The average Bonchev–Trinajstić information content (AvgIpc) is 3.30. The monoisotopic (exact) mass is 361 g/mol. The first-order valence-corrected chi connectivity index (χ1v) is 8.96. The lowest BCUT2D eigenvalue weighted by Gasteiger charge is -2.35. The van der Waals surface area contributed by atoms with Crippen LogP contribution in [0.3, 0.4) is 0 Å². The molecule has 27 heavy (non-hydrogen) atoms. The van der Waals surface area contributed by atoms with Gasteiger partial charge in [0.15, 0.2) is 5.82 Å². The van der Waals surface area contributed by atoms with Crippen molar-refractivity contribution in [1.82, 2.24) is 19.7 Å². The van der Waals surface area contributed by atoms with Crippen LogP contribution in [0.2, 0.25) is 0 Å². The summed E-state index contributed by atoms with van der Waals surface area (Å²) in [6.07, 6.45) is 4.47. The number of carbonyl (C=O) groups excluding carboxylic acids is 1. The molecular formula is C19H19N7O. The molecule has 5 heterocycles. The van der Waals surface area contributed by atoms with Gasteiger partial charge < -0.3 is 4.90 Å². The molecule has 0 radical (unpaired) electrons. The second-order valence-corrected chi connectivity index (χ2v) is 6.82. The van der Waals surface area contributed by atoms with Crippen molar-refractivity contribution in [3.8, 4) is 11.4 Å². The minimum absolute atomic E-state index is 0.104. The van der Waals surface area contributed by atoms with Gasteiger partial charge in [0.2, 0.25) is 0 Å². The van der Waals surface area contributed by atoms with E-state index in [-0.39, 0.29) is 12.1 Å². The van der Waals surface area contributed by atoms with Crippen LogP contribution in [0, 0.1) is 0 Å². The van der Waals surface area contributed by atoms with Crippen LogP contribution in [-0.4, -0.2) is 44.9 Å². The number of aryl methyl sites for hydroxylation is 1. The highest BCUT2D eigenvalue weighted by Crippen LogP contribution is 2.40. The summed E-state index contributed by atoms with van der Waals surface area (Å²) in [5.74, 6) is 1.21. The maximum absolute atomic E-state index is 13.1. The molecule has 8 nitrogen and oxygen atoms in total. The molecule has 0 saturated carbocycles. The first-order chi connectivity index (χ1) is 13.2. The SMILES string of the molecule is Cn1ccc(-c2ccc3c(n2)N(C(=O)Nc2ccccn2)[C@H]2CCN3C2)n1. The van der Waals surface area contributed by atoms with Gasteiger partial charge in [-0.25, -0.2) is 14.8 Å². The van der Waals surface area contributed by atoms with E-state index in [1.807, 2.05) is 43.6 Å². The van der Waals surface area contributed by atoms with Gasteiger partial charge in [-0.05, 0) is 36.8 Å². The minimum atomic E-state index is -0.202. The number of nitrogens with one attached hydrogen (secondary N) is 1. The largest absolute Gasteiger partial charge is 0.366 e. The Morgan fingerprint density at radius 1 is 1.19 bits per heavy atom. The first kappa shape index (κ1) is 15.8. The molecule has 8 heteroatoms. The smallest absolute Gasteiger partial charge is 0.329 e. The highest BCUT2D eigenvalue weighted by Gasteiger charge is 2.40. The number of amides is 2. The quantitative estimate of drug-likeness (QED) is 0.759. The van der Waals surface area contributed by atoms with Crippen molar-refractivity contribution in [1.29, 1.82) is 0 Å². The van der Waals surface area contributed by atoms with Crippen molar-refractivity contribution < 1.29 is 4.79 Å². The van der Waals surface area contributed by atoms with Crippen LogP contribution in [-0.2, 0) is 7.05 Å². The van der Waals surface area contributed by atoms with Crippen molar-refractivity contribution in [2.75, 3.05) is 28.2 Å². The summed E-state index contributed by atoms with van der Waals surface area (Å²) < 4.78 is 1.75. The molecule has 1 atom stereocenters. The number of urea groups is 1. The molecule has 2 aliphatic rings. The normalized spacial score (nSPS) is 17.7. The number of pyridine rings is 2. The van der Waals surface area contributed by atoms with Crippen molar-refractivity contribution in [2.45, 2.75) is 12.5 Å². The lowest BCUT2D eigenvalue weighted by atomic mass is 10.1. The number of rotatable bonds is 2. The lowest BCUT2D eigenvalue weighted by Crippen LogP contribution is -2.48. The van der Waals surface area contributed by atoms with Crippen LogP contribution in [0.4, 0.5) is 22.1 Å². The van der Waals surface area contributed by atoms with E-state index in [4.69, 9.17) is 4.98 Å². The minimum Gasteiger partial charge on any atom is -0.366 e. The summed E-state index contributed by atoms with van der Waals surface area (Å²) >= 11 is 0. The third-order valence-electron chi connectivity index (χ3n) is 5.05. The van der Waals surface area contributed by atoms with Gasteiger partial charge in [0, 0.05) is 32.5 Å². The molecule has 2 bridgehead atoms. The van der Waals surface area contributed by atoms with E-state index in [1.165, 1.54) is 0 Å². The van der Waals surface area contributed by atoms with Gasteiger partial charge in [-0.1, -0.05) is 6.07 Å². The summed E-state index contributed by atoms with van der Waals surface area (Å²) in [7, 11) is 1.88. The predicted molar refractivity (Wildman–Crippen MR) is 103 cm³/mol. The van der Waals surface area contributed by atoms with Crippen LogP contribution >= 0.6 is 0 Å². The lowest BCUT2D eigenvalue weighted by molar-refractivity contribution is 0.254. The highest BCUT2D eigenvalue weighted by molar-refractivity contribution is 6.04. The molecular weight excluding hydrogens is 342 g/mol. The number of aromatic nitrogens is 4. The molecule has 2 amide bonds. The molecule has 1 N–H and O–H groups in total. The second-order valence-electron chi connectivity index (χ2n) is 6.82. The third kappa shape index (κ3) is 2.69. The Labute approximate surface area is 156 Å². The number of anilines is 3.